The largest absolute Gasteiger partial charge is 0.351 e. The molecular formula is C36H36N10O2. The van der Waals surface area contributed by atoms with Gasteiger partial charge in [-0.2, -0.15) is 10.4 Å². The average Bonchev–Trinajstić information content (AvgIpc) is 3.55. The second-order valence-corrected chi connectivity index (χ2v) is 11.8. The van der Waals surface area contributed by atoms with Gasteiger partial charge in [-0.15, -0.1) is 0 Å². The highest BCUT2D eigenvalue weighted by molar-refractivity contribution is 5.92. The Morgan fingerprint density at radius 3 is 2.44 bits per heavy atom. The molecule has 3 heterocycles. The number of urea groups is 1. The van der Waals surface area contributed by atoms with Gasteiger partial charge in [-0.25, -0.2) is 19.7 Å². The molecule has 3 N–H and O–H groups in total. The Labute approximate surface area is 278 Å². The van der Waals surface area contributed by atoms with Crippen LogP contribution in [0.4, 0.5) is 22.2 Å². The third-order valence-corrected chi connectivity index (χ3v) is 8.30. The summed E-state index contributed by atoms with van der Waals surface area (Å²) in [4.78, 5) is 40.9. The third-order valence-electron chi connectivity index (χ3n) is 8.30. The molecule has 3 aromatic heterocycles. The van der Waals surface area contributed by atoms with E-state index >= 15 is 0 Å². The van der Waals surface area contributed by atoms with E-state index in [0.717, 1.165) is 42.4 Å². The number of nitrogens with zero attached hydrogens (tertiary/aromatic N) is 7. The number of aryl methyl sites for hydroxylation is 1. The van der Waals surface area contributed by atoms with Gasteiger partial charge in [0.2, 0.25) is 11.9 Å². The van der Waals surface area contributed by atoms with Crippen molar-refractivity contribution < 1.29 is 9.59 Å². The number of hydrogen-bond donors (Lipinski definition) is 3. The van der Waals surface area contributed by atoms with E-state index < -0.39 is 0 Å². The standard InChI is InChI=1S/C36H36N10O2/c1-24(47)42-31-10-6-9-26(17-31)34-28(18-37)21-39-35(44-34)43-30-12-14-32(15-13-30)46(36(48)40-19-25-7-4-3-5-8-25)33-16-11-27(20-38-33)29-22-41-45(2)23-29/h3-11,16-17,20-23,30,32H,12-15,19H2,1-2H3,(H,40,48)(H,42,47)(H,39,43,44)/t30-,32-. The first-order valence-electron chi connectivity index (χ1n) is 15.8. The van der Waals surface area contributed by atoms with Crippen molar-refractivity contribution in [2.45, 2.75) is 51.2 Å². The fourth-order valence-electron chi connectivity index (χ4n) is 5.95. The molecule has 2 aromatic carbocycles. The summed E-state index contributed by atoms with van der Waals surface area (Å²) in [6.07, 6.45) is 10.0. The molecule has 48 heavy (non-hydrogen) atoms. The molecule has 0 atom stereocenters. The lowest BCUT2D eigenvalue weighted by Gasteiger charge is -2.36. The maximum atomic E-state index is 13.7. The van der Waals surface area contributed by atoms with Crippen LogP contribution in [-0.2, 0) is 18.4 Å². The Morgan fingerprint density at radius 1 is 0.938 bits per heavy atom. The number of benzene rings is 2. The highest BCUT2D eigenvalue weighted by atomic mass is 16.2. The number of nitrogens with one attached hydrogen (secondary N) is 3. The van der Waals surface area contributed by atoms with E-state index in [2.05, 4.69) is 32.1 Å². The molecule has 0 saturated heterocycles. The lowest BCUT2D eigenvalue weighted by atomic mass is 9.90. The predicted octanol–water partition coefficient (Wildman–Crippen LogP) is 5.91. The highest BCUT2D eigenvalue weighted by Crippen LogP contribution is 2.30. The van der Waals surface area contributed by atoms with Crippen LogP contribution >= 0.6 is 0 Å². The van der Waals surface area contributed by atoms with Gasteiger partial charge in [-0.1, -0.05) is 42.5 Å². The van der Waals surface area contributed by atoms with Gasteiger partial charge in [-0.05, 0) is 55.5 Å². The maximum Gasteiger partial charge on any atom is 0.323 e. The van der Waals surface area contributed by atoms with Crippen molar-refractivity contribution >= 4 is 29.4 Å². The lowest BCUT2D eigenvalue weighted by Crippen LogP contribution is -2.49. The Kier molecular flexibility index (Phi) is 9.67. The number of carbonyl (C=O) groups is 2. The SMILES string of the molecule is CC(=O)Nc1cccc(-c2nc(N[C@H]3CC[C@H](N(C(=O)NCc4ccccc4)c4ccc(-c5cnn(C)c5)cn4)CC3)ncc2C#N)c1. The second kappa shape index (κ2) is 14.6. The summed E-state index contributed by atoms with van der Waals surface area (Å²) in [7, 11) is 1.87. The van der Waals surface area contributed by atoms with Gasteiger partial charge in [-0.3, -0.25) is 14.4 Å². The summed E-state index contributed by atoms with van der Waals surface area (Å²) < 4.78 is 1.74. The summed E-state index contributed by atoms with van der Waals surface area (Å²) in [6, 6.07) is 22.9. The molecule has 1 aliphatic rings. The summed E-state index contributed by atoms with van der Waals surface area (Å²) in [5, 5.41) is 23.3. The third kappa shape index (κ3) is 7.64. The summed E-state index contributed by atoms with van der Waals surface area (Å²) >= 11 is 0. The van der Waals surface area contributed by atoms with E-state index in [4.69, 9.17) is 9.97 Å². The fraction of sp³-hybridized carbons (Fsp3) is 0.250. The minimum absolute atomic E-state index is 0.0653. The van der Waals surface area contributed by atoms with Crippen molar-refractivity contribution in [3.05, 3.63) is 103 Å². The van der Waals surface area contributed by atoms with Gasteiger partial charge < -0.3 is 16.0 Å². The van der Waals surface area contributed by atoms with Gasteiger partial charge in [0.25, 0.3) is 0 Å². The molecule has 12 nitrogen and oxygen atoms in total. The van der Waals surface area contributed by atoms with Crippen LogP contribution in [0.15, 0.2) is 91.5 Å². The van der Waals surface area contributed by atoms with Crippen LogP contribution in [0.5, 0.6) is 0 Å². The Morgan fingerprint density at radius 2 is 1.75 bits per heavy atom. The molecule has 0 bridgehead atoms. The van der Waals surface area contributed by atoms with Crippen molar-refractivity contribution in [2.24, 2.45) is 7.05 Å². The van der Waals surface area contributed by atoms with Gasteiger partial charge >= 0.3 is 6.03 Å². The van der Waals surface area contributed by atoms with Crippen molar-refractivity contribution in [1.29, 1.82) is 5.26 Å². The molecule has 0 spiro atoms. The van der Waals surface area contributed by atoms with E-state index in [1.165, 1.54) is 13.1 Å². The van der Waals surface area contributed by atoms with E-state index in [-0.39, 0.29) is 24.0 Å². The smallest absolute Gasteiger partial charge is 0.323 e. The molecule has 1 saturated carbocycles. The number of aromatic nitrogens is 5. The van der Waals surface area contributed by atoms with Gasteiger partial charge in [0.05, 0.1) is 23.7 Å². The van der Waals surface area contributed by atoms with Crippen molar-refractivity contribution in [3.63, 3.8) is 0 Å². The Balaban J connectivity index is 1.17. The number of rotatable bonds is 9. The molecule has 5 aromatic rings. The normalized spacial score (nSPS) is 15.6. The average molecular weight is 641 g/mol. The lowest BCUT2D eigenvalue weighted by molar-refractivity contribution is -0.114. The molecule has 1 aliphatic carbocycles. The summed E-state index contributed by atoms with van der Waals surface area (Å²) in [6.45, 7) is 1.86. The molecule has 0 radical (unpaired) electrons. The zero-order chi connectivity index (χ0) is 33.5. The number of nitriles is 1. The number of anilines is 3. The van der Waals surface area contributed by atoms with Gasteiger partial charge in [0.15, 0.2) is 0 Å². The van der Waals surface area contributed by atoms with Gasteiger partial charge in [0, 0.05) is 67.4 Å². The van der Waals surface area contributed by atoms with Crippen LogP contribution in [0.2, 0.25) is 0 Å². The van der Waals surface area contributed by atoms with Crippen molar-refractivity contribution in [3.8, 4) is 28.5 Å². The first-order chi connectivity index (χ1) is 23.4. The number of amides is 3. The molecule has 3 amide bonds. The van der Waals surface area contributed by atoms with Crippen molar-refractivity contribution in [2.75, 3.05) is 15.5 Å². The maximum absolute atomic E-state index is 13.7. The first-order valence-corrected chi connectivity index (χ1v) is 15.8. The molecule has 242 valence electrons. The van der Waals surface area contributed by atoms with Crippen LogP contribution in [0.25, 0.3) is 22.4 Å². The predicted molar refractivity (Wildman–Crippen MR) is 184 cm³/mol. The molecule has 0 aliphatic heterocycles. The molecule has 6 rings (SSSR count). The quantitative estimate of drug-likeness (QED) is 0.180. The monoisotopic (exact) mass is 640 g/mol. The molecule has 12 heteroatoms. The van der Waals surface area contributed by atoms with Crippen LogP contribution < -0.4 is 20.9 Å². The zero-order valence-corrected chi connectivity index (χ0v) is 26.8. The van der Waals surface area contributed by atoms with Crippen LogP contribution in [0.1, 0.15) is 43.7 Å². The fourth-order valence-corrected chi connectivity index (χ4v) is 5.95. The van der Waals surface area contributed by atoms with E-state index in [1.54, 1.807) is 40.2 Å². The van der Waals surface area contributed by atoms with Crippen LogP contribution in [0.3, 0.4) is 0 Å². The highest BCUT2D eigenvalue weighted by Gasteiger charge is 2.31. The number of hydrogen-bond acceptors (Lipinski definition) is 8. The first kappa shape index (κ1) is 31.9. The molecule has 0 unspecified atom stereocenters. The van der Waals surface area contributed by atoms with Crippen molar-refractivity contribution in [1.82, 2.24) is 30.0 Å². The minimum Gasteiger partial charge on any atom is -0.351 e. The molecular weight excluding hydrogens is 604 g/mol. The van der Waals surface area contributed by atoms with E-state index in [0.29, 0.717) is 40.8 Å². The summed E-state index contributed by atoms with van der Waals surface area (Å²) in [5.41, 5.74) is 5.04. The van der Waals surface area contributed by atoms with Gasteiger partial charge in [0.1, 0.15) is 11.9 Å². The second-order valence-electron chi connectivity index (χ2n) is 11.8. The minimum atomic E-state index is -0.196. The topological polar surface area (TPSA) is 154 Å². The zero-order valence-electron chi connectivity index (χ0n) is 26.8. The van der Waals surface area contributed by atoms with Crippen LogP contribution in [-0.4, -0.2) is 48.8 Å². The summed E-state index contributed by atoms with van der Waals surface area (Å²) in [5.74, 6) is 0.826. The number of carbonyl (C=O) groups excluding carboxylic acids is 2. The van der Waals surface area contributed by atoms with Crippen LogP contribution in [0, 0.1) is 11.3 Å². The molecule has 1 fully saturated rings. The Bertz CT molecular complexity index is 1930. The van der Waals surface area contributed by atoms with E-state index in [1.807, 2.05) is 61.8 Å². The number of pyridine rings is 1. The van der Waals surface area contributed by atoms with E-state index in [9.17, 15) is 14.9 Å². The Hall–Kier alpha value is -6.09.